The fourth-order valence-electron chi connectivity index (χ4n) is 3.52. The number of benzene rings is 1. The molecular weight excluding hydrogens is 300 g/mol. The van der Waals surface area contributed by atoms with Gasteiger partial charge in [0.15, 0.2) is 5.82 Å². The maximum absolute atomic E-state index is 4.29. The van der Waals surface area contributed by atoms with Gasteiger partial charge in [0.05, 0.1) is 12.1 Å². The summed E-state index contributed by atoms with van der Waals surface area (Å²) >= 11 is 0. The lowest BCUT2D eigenvalue weighted by Crippen LogP contribution is -2.48. The summed E-state index contributed by atoms with van der Waals surface area (Å²) in [6.45, 7) is 7.82. The molecule has 4 rings (SSSR count). The van der Waals surface area contributed by atoms with Crippen LogP contribution < -0.4 is 0 Å². The van der Waals surface area contributed by atoms with Gasteiger partial charge in [-0.2, -0.15) is 0 Å². The number of aromatic nitrogens is 4. The van der Waals surface area contributed by atoms with Crippen molar-refractivity contribution in [3.05, 3.63) is 41.7 Å². The molecule has 2 aromatic rings. The molecule has 6 heteroatoms. The van der Waals surface area contributed by atoms with Crippen molar-refractivity contribution in [2.24, 2.45) is 0 Å². The molecule has 2 fully saturated rings. The molecule has 6 nitrogen and oxygen atoms in total. The molecule has 0 radical (unpaired) electrons. The third kappa shape index (κ3) is 3.49. The predicted octanol–water partition coefficient (Wildman–Crippen LogP) is 1.93. The number of hydrogen-bond donors (Lipinski definition) is 0. The highest BCUT2D eigenvalue weighted by atomic mass is 15.6. The Hall–Kier alpha value is -1.79. The highest BCUT2D eigenvalue weighted by Gasteiger charge is 2.32. The van der Waals surface area contributed by atoms with Gasteiger partial charge in [-0.05, 0) is 42.2 Å². The maximum atomic E-state index is 4.29. The van der Waals surface area contributed by atoms with Crippen LogP contribution in [0.3, 0.4) is 0 Å². The zero-order valence-corrected chi connectivity index (χ0v) is 14.4. The maximum Gasteiger partial charge on any atom is 0.168 e. The lowest BCUT2D eigenvalue weighted by Gasteiger charge is -2.37. The Kier molecular flexibility index (Phi) is 4.58. The zero-order valence-electron chi connectivity index (χ0n) is 14.4. The molecule has 1 aromatic heterocycles. The average Bonchev–Trinajstić information content (AvgIpc) is 3.37. The van der Waals surface area contributed by atoms with E-state index in [1.165, 1.54) is 18.4 Å². The van der Waals surface area contributed by atoms with Crippen molar-refractivity contribution in [2.45, 2.75) is 38.3 Å². The van der Waals surface area contributed by atoms with Crippen LogP contribution in [0.4, 0.5) is 0 Å². The highest BCUT2D eigenvalue weighted by molar-refractivity contribution is 5.14. The normalized spacial score (nSPS) is 21.0. The SMILES string of the molecule is C[C@@H](c1nnnn1C1CC1)N1CCN(CCc2ccccc2)CC1. The molecular formula is C18H26N6. The standard InChI is InChI=1S/C18H26N6/c1-15(18-19-20-21-24(18)17-7-8-17)23-13-11-22(12-14-23)10-9-16-5-3-2-4-6-16/h2-6,15,17H,7-14H2,1H3/t15-/m0/s1. The van der Waals surface area contributed by atoms with Crippen LogP contribution in [0.15, 0.2) is 30.3 Å². The van der Waals surface area contributed by atoms with Crippen LogP contribution in [-0.4, -0.2) is 62.7 Å². The van der Waals surface area contributed by atoms with E-state index in [2.05, 4.69) is 62.6 Å². The summed E-state index contributed by atoms with van der Waals surface area (Å²) in [5.74, 6) is 1.04. The lowest BCUT2D eigenvalue weighted by atomic mass is 10.1. The number of hydrogen-bond acceptors (Lipinski definition) is 5. The van der Waals surface area contributed by atoms with Gasteiger partial charge >= 0.3 is 0 Å². The van der Waals surface area contributed by atoms with Crippen molar-refractivity contribution < 1.29 is 0 Å². The second-order valence-electron chi connectivity index (χ2n) is 7.00. The first-order valence-corrected chi connectivity index (χ1v) is 9.09. The molecule has 1 saturated carbocycles. The second kappa shape index (κ2) is 6.99. The Labute approximate surface area is 143 Å². The van der Waals surface area contributed by atoms with Crippen LogP contribution in [0.25, 0.3) is 0 Å². The predicted molar refractivity (Wildman–Crippen MR) is 92.7 cm³/mol. The van der Waals surface area contributed by atoms with E-state index in [4.69, 9.17) is 0 Å². The Morgan fingerprint density at radius 3 is 2.54 bits per heavy atom. The van der Waals surface area contributed by atoms with E-state index < -0.39 is 0 Å². The third-order valence-electron chi connectivity index (χ3n) is 5.30. The molecule has 0 amide bonds. The van der Waals surface area contributed by atoms with Gasteiger partial charge in [0.2, 0.25) is 0 Å². The molecule has 0 unspecified atom stereocenters. The first-order chi connectivity index (χ1) is 11.8. The van der Waals surface area contributed by atoms with Gasteiger partial charge < -0.3 is 4.90 Å². The van der Waals surface area contributed by atoms with E-state index >= 15 is 0 Å². The number of tetrazole rings is 1. The van der Waals surface area contributed by atoms with E-state index in [1.54, 1.807) is 0 Å². The van der Waals surface area contributed by atoms with Crippen LogP contribution >= 0.6 is 0 Å². The van der Waals surface area contributed by atoms with Gasteiger partial charge in [0.1, 0.15) is 0 Å². The van der Waals surface area contributed by atoms with Crippen molar-refractivity contribution in [3.63, 3.8) is 0 Å². The van der Waals surface area contributed by atoms with Crippen LogP contribution in [0.2, 0.25) is 0 Å². The molecule has 1 aromatic carbocycles. The molecule has 1 aliphatic carbocycles. The fourth-order valence-corrected chi connectivity index (χ4v) is 3.52. The van der Waals surface area contributed by atoms with Crippen LogP contribution in [-0.2, 0) is 6.42 Å². The summed E-state index contributed by atoms with van der Waals surface area (Å²) in [5, 5.41) is 12.4. The summed E-state index contributed by atoms with van der Waals surface area (Å²) in [6, 6.07) is 11.6. The Morgan fingerprint density at radius 2 is 1.83 bits per heavy atom. The summed E-state index contributed by atoms with van der Waals surface area (Å²) in [4.78, 5) is 5.09. The van der Waals surface area contributed by atoms with Crippen molar-refractivity contribution in [1.82, 2.24) is 30.0 Å². The second-order valence-corrected chi connectivity index (χ2v) is 7.00. The third-order valence-corrected chi connectivity index (χ3v) is 5.30. The summed E-state index contributed by atoms with van der Waals surface area (Å²) in [7, 11) is 0. The molecule has 2 aliphatic rings. The number of rotatable bonds is 6. The van der Waals surface area contributed by atoms with Gasteiger partial charge in [-0.3, -0.25) is 4.90 Å². The molecule has 0 N–H and O–H groups in total. The first-order valence-electron chi connectivity index (χ1n) is 9.09. The van der Waals surface area contributed by atoms with Crippen molar-refractivity contribution in [1.29, 1.82) is 0 Å². The number of nitrogens with zero attached hydrogens (tertiary/aromatic N) is 6. The molecule has 1 aliphatic heterocycles. The van der Waals surface area contributed by atoms with Gasteiger partial charge in [-0.25, -0.2) is 4.68 Å². The van der Waals surface area contributed by atoms with Crippen molar-refractivity contribution in [3.8, 4) is 0 Å². The molecule has 128 valence electrons. The van der Waals surface area contributed by atoms with Gasteiger partial charge in [-0.15, -0.1) is 5.10 Å². The van der Waals surface area contributed by atoms with Crippen molar-refractivity contribution in [2.75, 3.05) is 32.7 Å². The van der Waals surface area contributed by atoms with E-state index in [1.807, 2.05) is 4.68 Å². The highest BCUT2D eigenvalue weighted by Crippen LogP contribution is 2.36. The fraction of sp³-hybridized carbons (Fsp3) is 0.611. The molecule has 2 heterocycles. The quantitative estimate of drug-likeness (QED) is 0.812. The van der Waals surface area contributed by atoms with Gasteiger partial charge in [-0.1, -0.05) is 30.3 Å². The Bertz CT molecular complexity index is 643. The molecule has 0 bridgehead atoms. The average molecular weight is 326 g/mol. The minimum atomic E-state index is 0.303. The van der Waals surface area contributed by atoms with Crippen LogP contribution in [0.5, 0.6) is 0 Å². The monoisotopic (exact) mass is 326 g/mol. The zero-order chi connectivity index (χ0) is 16.4. The lowest BCUT2D eigenvalue weighted by molar-refractivity contribution is 0.0978. The van der Waals surface area contributed by atoms with Crippen LogP contribution in [0, 0.1) is 0 Å². The summed E-state index contributed by atoms with van der Waals surface area (Å²) in [5.41, 5.74) is 1.43. The topological polar surface area (TPSA) is 50.1 Å². The minimum Gasteiger partial charge on any atom is -0.300 e. The smallest absolute Gasteiger partial charge is 0.168 e. The molecule has 1 atom stereocenters. The van der Waals surface area contributed by atoms with E-state index in [-0.39, 0.29) is 0 Å². The van der Waals surface area contributed by atoms with E-state index in [9.17, 15) is 0 Å². The van der Waals surface area contributed by atoms with E-state index in [0.29, 0.717) is 12.1 Å². The summed E-state index contributed by atoms with van der Waals surface area (Å²) < 4.78 is 2.05. The largest absolute Gasteiger partial charge is 0.300 e. The first kappa shape index (κ1) is 15.7. The van der Waals surface area contributed by atoms with E-state index in [0.717, 1.165) is 45.0 Å². The Morgan fingerprint density at radius 1 is 1.08 bits per heavy atom. The van der Waals surface area contributed by atoms with Gasteiger partial charge in [0.25, 0.3) is 0 Å². The molecule has 1 saturated heterocycles. The summed E-state index contributed by atoms with van der Waals surface area (Å²) in [6.07, 6.45) is 3.58. The molecule has 24 heavy (non-hydrogen) atoms. The van der Waals surface area contributed by atoms with Crippen molar-refractivity contribution >= 4 is 0 Å². The van der Waals surface area contributed by atoms with Gasteiger partial charge in [0, 0.05) is 32.7 Å². The number of piperazine rings is 1. The minimum absolute atomic E-state index is 0.303. The molecule has 0 spiro atoms. The Balaban J connectivity index is 1.28. The van der Waals surface area contributed by atoms with Crippen LogP contribution in [0.1, 0.15) is 43.2 Å².